The molecule has 0 aliphatic carbocycles. The van der Waals surface area contributed by atoms with E-state index in [1.54, 1.807) is 0 Å². The van der Waals surface area contributed by atoms with Crippen molar-refractivity contribution in [3.05, 3.63) is 52.3 Å². The van der Waals surface area contributed by atoms with Crippen LogP contribution in [0.4, 0.5) is 5.69 Å². The summed E-state index contributed by atoms with van der Waals surface area (Å²) >= 11 is 0. The molecule has 0 radical (unpaired) electrons. The molecule has 0 aliphatic heterocycles. The number of nitro groups is 1. The molecule has 1 heterocycles. The second kappa shape index (κ2) is 5.74. The molecule has 0 spiro atoms. The highest BCUT2D eigenvalue weighted by atomic mass is 16.6. The number of hydrogen-bond acceptors (Lipinski definition) is 7. The standard InChI is InChI=1S/C12H9N3O5/c1-19-11(16)8-2-4-10(5-3-8)20-12-13-6-9(7-14-12)15(17)18/h2-7H,1H3. The molecule has 8 nitrogen and oxygen atoms in total. The van der Waals surface area contributed by atoms with E-state index >= 15 is 0 Å². The predicted molar refractivity (Wildman–Crippen MR) is 66.5 cm³/mol. The molecule has 0 amide bonds. The van der Waals surface area contributed by atoms with Gasteiger partial charge in [0.05, 0.1) is 17.6 Å². The van der Waals surface area contributed by atoms with Crippen molar-refractivity contribution < 1.29 is 19.2 Å². The molecule has 8 heteroatoms. The Morgan fingerprint density at radius 3 is 2.30 bits per heavy atom. The first kappa shape index (κ1) is 13.4. The third-order valence-electron chi connectivity index (χ3n) is 2.31. The van der Waals surface area contributed by atoms with E-state index in [9.17, 15) is 14.9 Å². The highest BCUT2D eigenvalue weighted by Gasteiger charge is 2.09. The van der Waals surface area contributed by atoms with E-state index in [4.69, 9.17) is 4.74 Å². The Labute approximate surface area is 113 Å². The van der Waals surface area contributed by atoms with Gasteiger partial charge in [0.15, 0.2) is 0 Å². The van der Waals surface area contributed by atoms with Crippen LogP contribution in [0.25, 0.3) is 0 Å². The molecule has 0 unspecified atom stereocenters. The predicted octanol–water partition coefficient (Wildman–Crippen LogP) is 1.96. The molecule has 2 aromatic rings. The second-order valence-corrected chi connectivity index (χ2v) is 3.60. The van der Waals surface area contributed by atoms with Gasteiger partial charge in [-0.25, -0.2) is 4.79 Å². The zero-order chi connectivity index (χ0) is 14.5. The van der Waals surface area contributed by atoms with Gasteiger partial charge in [0.25, 0.3) is 0 Å². The van der Waals surface area contributed by atoms with Crippen molar-refractivity contribution >= 4 is 11.7 Å². The van der Waals surface area contributed by atoms with Gasteiger partial charge in [0.2, 0.25) is 0 Å². The summed E-state index contributed by atoms with van der Waals surface area (Å²) in [6.07, 6.45) is 2.09. The number of methoxy groups -OCH3 is 1. The maximum absolute atomic E-state index is 11.2. The van der Waals surface area contributed by atoms with E-state index in [1.807, 2.05) is 0 Å². The van der Waals surface area contributed by atoms with Crippen LogP contribution in [-0.4, -0.2) is 28.0 Å². The average molecular weight is 275 g/mol. The number of carbonyl (C=O) groups excluding carboxylic acids is 1. The molecule has 0 fully saturated rings. The second-order valence-electron chi connectivity index (χ2n) is 3.60. The molecule has 0 atom stereocenters. The van der Waals surface area contributed by atoms with Gasteiger partial charge in [-0.2, -0.15) is 9.97 Å². The first-order valence-electron chi connectivity index (χ1n) is 5.43. The fourth-order valence-electron chi connectivity index (χ4n) is 1.34. The lowest BCUT2D eigenvalue weighted by Crippen LogP contribution is -2.00. The molecule has 0 aliphatic rings. The van der Waals surface area contributed by atoms with Crippen LogP contribution < -0.4 is 4.74 Å². The van der Waals surface area contributed by atoms with E-state index in [1.165, 1.54) is 31.4 Å². The van der Waals surface area contributed by atoms with Gasteiger partial charge in [-0.1, -0.05) is 0 Å². The molecular weight excluding hydrogens is 266 g/mol. The highest BCUT2D eigenvalue weighted by molar-refractivity contribution is 5.89. The van der Waals surface area contributed by atoms with Crippen LogP contribution in [0.15, 0.2) is 36.7 Å². The maximum atomic E-state index is 11.2. The van der Waals surface area contributed by atoms with E-state index in [0.717, 1.165) is 12.4 Å². The zero-order valence-corrected chi connectivity index (χ0v) is 10.3. The molecule has 0 bridgehead atoms. The Hall–Kier alpha value is -3.03. The Bertz CT molecular complexity index is 625. The number of benzene rings is 1. The molecule has 0 N–H and O–H groups in total. The minimum atomic E-state index is -0.602. The highest BCUT2D eigenvalue weighted by Crippen LogP contribution is 2.19. The molecular formula is C12H9N3O5. The van der Waals surface area contributed by atoms with Crippen LogP contribution in [0.2, 0.25) is 0 Å². The summed E-state index contributed by atoms with van der Waals surface area (Å²) in [5.41, 5.74) is 0.155. The van der Waals surface area contributed by atoms with Crippen molar-refractivity contribution in [1.29, 1.82) is 0 Å². The summed E-state index contributed by atoms with van der Waals surface area (Å²) in [4.78, 5) is 28.5. The Balaban J connectivity index is 2.10. The van der Waals surface area contributed by atoms with Crippen LogP contribution in [0.3, 0.4) is 0 Å². The first-order valence-corrected chi connectivity index (χ1v) is 5.43. The molecule has 1 aromatic heterocycles. The largest absolute Gasteiger partial charge is 0.465 e. The normalized spacial score (nSPS) is 9.85. The van der Waals surface area contributed by atoms with E-state index in [-0.39, 0.29) is 11.7 Å². The number of esters is 1. The Morgan fingerprint density at radius 2 is 1.80 bits per heavy atom. The summed E-state index contributed by atoms with van der Waals surface area (Å²) < 4.78 is 9.85. The number of rotatable bonds is 4. The van der Waals surface area contributed by atoms with E-state index in [0.29, 0.717) is 11.3 Å². The quantitative estimate of drug-likeness (QED) is 0.477. The van der Waals surface area contributed by atoms with Crippen molar-refractivity contribution in [3.63, 3.8) is 0 Å². The third-order valence-corrected chi connectivity index (χ3v) is 2.31. The number of carbonyl (C=O) groups is 1. The Morgan fingerprint density at radius 1 is 1.20 bits per heavy atom. The van der Waals surface area contributed by atoms with Gasteiger partial charge in [-0.05, 0) is 24.3 Å². The van der Waals surface area contributed by atoms with Gasteiger partial charge in [-0.3, -0.25) is 10.1 Å². The summed E-state index contributed by atoms with van der Waals surface area (Å²) in [7, 11) is 1.29. The van der Waals surface area contributed by atoms with Crippen LogP contribution in [0.5, 0.6) is 11.8 Å². The van der Waals surface area contributed by atoms with Gasteiger partial charge in [0, 0.05) is 0 Å². The molecule has 20 heavy (non-hydrogen) atoms. The lowest BCUT2D eigenvalue weighted by Gasteiger charge is -2.04. The SMILES string of the molecule is COC(=O)c1ccc(Oc2ncc([N+](=O)[O-])cn2)cc1. The van der Waals surface area contributed by atoms with Crippen LogP contribution >= 0.6 is 0 Å². The summed E-state index contributed by atoms with van der Waals surface area (Å²) in [6, 6.07) is 6.09. The number of ether oxygens (including phenoxy) is 2. The molecule has 102 valence electrons. The Kier molecular flexibility index (Phi) is 3.85. The fraction of sp³-hybridized carbons (Fsp3) is 0.0833. The topological polar surface area (TPSA) is 104 Å². The van der Waals surface area contributed by atoms with Crippen molar-refractivity contribution in [2.75, 3.05) is 7.11 Å². The average Bonchev–Trinajstić information content (AvgIpc) is 2.48. The minimum Gasteiger partial charge on any atom is -0.465 e. The van der Waals surface area contributed by atoms with Crippen molar-refractivity contribution in [3.8, 4) is 11.8 Å². The molecule has 2 rings (SSSR count). The monoisotopic (exact) mass is 275 g/mol. The number of nitrogens with zero attached hydrogens (tertiary/aromatic N) is 3. The summed E-state index contributed by atoms with van der Waals surface area (Å²) in [5.74, 6) is -0.0605. The van der Waals surface area contributed by atoms with Crippen molar-refractivity contribution in [2.45, 2.75) is 0 Å². The summed E-state index contributed by atoms with van der Waals surface area (Å²) in [6.45, 7) is 0. The minimum absolute atomic E-state index is 0.0265. The van der Waals surface area contributed by atoms with Gasteiger partial charge in [-0.15, -0.1) is 0 Å². The van der Waals surface area contributed by atoms with Gasteiger partial charge < -0.3 is 9.47 Å². The van der Waals surface area contributed by atoms with Gasteiger partial charge in [0.1, 0.15) is 18.1 Å². The van der Waals surface area contributed by atoms with E-state index < -0.39 is 10.9 Å². The molecule has 0 saturated heterocycles. The molecule has 1 aromatic carbocycles. The van der Waals surface area contributed by atoms with Gasteiger partial charge >= 0.3 is 17.7 Å². The smallest absolute Gasteiger partial charge is 0.337 e. The lowest BCUT2D eigenvalue weighted by atomic mass is 10.2. The van der Waals surface area contributed by atoms with Crippen molar-refractivity contribution in [1.82, 2.24) is 9.97 Å². The van der Waals surface area contributed by atoms with Crippen LogP contribution in [0.1, 0.15) is 10.4 Å². The number of hydrogen-bond donors (Lipinski definition) is 0. The zero-order valence-electron chi connectivity index (χ0n) is 10.3. The van der Waals surface area contributed by atoms with Crippen molar-refractivity contribution in [2.24, 2.45) is 0 Å². The number of aromatic nitrogens is 2. The maximum Gasteiger partial charge on any atom is 0.337 e. The van der Waals surface area contributed by atoms with E-state index in [2.05, 4.69) is 14.7 Å². The summed E-state index contributed by atoms with van der Waals surface area (Å²) in [5, 5.41) is 10.4. The first-order chi connectivity index (χ1) is 9.60. The molecule has 0 saturated carbocycles. The lowest BCUT2D eigenvalue weighted by molar-refractivity contribution is -0.385. The van der Waals surface area contributed by atoms with Crippen LogP contribution in [-0.2, 0) is 4.74 Å². The van der Waals surface area contributed by atoms with Crippen LogP contribution in [0, 0.1) is 10.1 Å². The fourth-order valence-corrected chi connectivity index (χ4v) is 1.34. The third kappa shape index (κ3) is 3.05.